The predicted octanol–water partition coefficient (Wildman–Crippen LogP) is 4.47. The van der Waals surface area contributed by atoms with Gasteiger partial charge in [-0.05, 0) is 37.3 Å². The van der Waals surface area contributed by atoms with E-state index in [1.165, 1.54) is 41.1 Å². The smallest absolute Gasteiger partial charge is 0.323 e. The van der Waals surface area contributed by atoms with Crippen LogP contribution in [0.25, 0.3) is 22.0 Å². The maximum atomic E-state index is 14.1. The molecule has 32 heavy (non-hydrogen) atoms. The van der Waals surface area contributed by atoms with Gasteiger partial charge in [0.2, 0.25) is 0 Å². The van der Waals surface area contributed by atoms with Crippen LogP contribution >= 0.6 is 0 Å². The van der Waals surface area contributed by atoms with Crippen molar-refractivity contribution in [2.45, 2.75) is 20.0 Å². The van der Waals surface area contributed by atoms with Crippen LogP contribution in [0.5, 0.6) is 0 Å². The number of nitrogens with zero attached hydrogens (tertiary/aromatic N) is 2. The van der Waals surface area contributed by atoms with Gasteiger partial charge in [-0.25, -0.2) is 17.6 Å². The number of aromatic nitrogens is 2. The summed E-state index contributed by atoms with van der Waals surface area (Å²) >= 11 is 0. The first kappa shape index (κ1) is 21.4. The number of halogens is 4. The number of carbonyl (C=O) groups is 1. The lowest BCUT2D eigenvalue weighted by molar-refractivity contribution is -0.137. The van der Waals surface area contributed by atoms with Crippen molar-refractivity contribution in [3.8, 4) is 11.1 Å². The fourth-order valence-electron chi connectivity index (χ4n) is 3.83. The molecule has 4 aromatic rings. The van der Waals surface area contributed by atoms with Crippen LogP contribution in [0.2, 0.25) is 0 Å². The van der Waals surface area contributed by atoms with Crippen molar-refractivity contribution in [3.05, 3.63) is 93.5 Å². The highest BCUT2D eigenvalue weighted by Crippen LogP contribution is 2.35. The molecule has 2 aromatic heterocycles. The van der Waals surface area contributed by atoms with Crippen LogP contribution in [0, 0.1) is 30.2 Å². The molecule has 2 heterocycles. The lowest BCUT2D eigenvalue weighted by Crippen LogP contribution is -2.20. The number of aliphatic carboxylic acids is 1. The van der Waals surface area contributed by atoms with Gasteiger partial charge < -0.3 is 14.2 Å². The second-order valence-corrected chi connectivity index (χ2v) is 7.34. The van der Waals surface area contributed by atoms with E-state index in [0.29, 0.717) is 39.9 Å². The van der Waals surface area contributed by atoms with E-state index in [9.17, 15) is 32.3 Å². The average Bonchev–Trinajstić information content (AvgIpc) is 2.98. The minimum atomic E-state index is -1.34. The zero-order chi connectivity index (χ0) is 23.2. The Labute approximate surface area is 178 Å². The summed E-state index contributed by atoms with van der Waals surface area (Å²) in [5.74, 6) is -5.19. The minimum Gasteiger partial charge on any atom is -0.480 e. The van der Waals surface area contributed by atoms with Gasteiger partial charge in [0.1, 0.15) is 18.2 Å². The molecule has 5 nitrogen and oxygen atoms in total. The van der Waals surface area contributed by atoms with E-state index in [-0.39, 0.29) is 18.7 Å². The third kappa shape index (κ3) is 3.77. The lowest BCUT2D eigenvalue weighted by atomic mass is 10.0. The van der Waals surface area contributed by atoms with Crippen LogP contribution < -0.4 is 5.56 Å². The van der Waals surface area contributed by atoms with Crippen molar-refractivity contribution in [2.24, 2.45) is 0 Å². The van der Waals surface area contributed by atoms with Gasteiger partial charge in [0.05, 0.1) is 6.54 Å². The summed E-state index contributed by atoms with van der Waals surface area (Å²) in [4.78, 5) is 23.7. The van der Waals surface area contributed by atoms with E-state index in [0.717, 1.165) is 4.57 Å². The van der Waals surface area contributed by atoms with Crippen LogP contribution in [0.15, 0.2) is 53.5 Å². The fourth-order valence-corrected chi connectivity index (χ4v) is 3.83. The number of fused-ring (bicyclic) bond motifs is 1. The van der Waals surface area contributed by atoms with Crippen molar-refractivity contribution in [3.63, 3.8) is 0 Å². The van der Waals surface area contributed by atoms with Gasteiger partial charge in [-0.3, -0.25) is 9.59 Å². The van der Waals surface area contributed by atoms with Crippen molar-refractivity contribution in [1.82, 2.24) is 9.13 Å². The second kappa shape index (κ2) is 7.99. The Bertz CT molecular complexity index is 1440. The quantitative estimate of drug-likeness (QED) is 0.365. The normalized spacial score (nSPS) is 11.3. The van der Waals surface area contributed by atoms with E-state index in [4.69, 9.17) is 0 Å². The van der Waals surface area contributed by atoms with Gasteiger partial charge in [0.25, 0.3) is 5.56 Å². The van der Waals surface area contributed by atoms with Crippen molar-refractivity contribution >= 4 is 16.9 Å². The molecule has 0 radical (unpaired) electrons. The Hall–Kier alpha value is -3.88. The van der Waals surface area contributed by atoms with Crippen LogP contribution in [0.1, 0.15) is 11.3 Å². The molecule has 0 aliphatic rings. The molecule has 9 heteroatoms. The monoisotopic (exact) mass is 444 g/mol. The van der Waals surface area contributed by atoms with Crippen molar-refractivity contribution in [1.29, 1.82) is 0 Å². The summed E-state index contributed by atoms with van der Waals surface area (Å²) in [6.45, 7) is 0.950. The number of hydrogen-bond donors (Lipinski definition) is 1. The van der Waals surface area contributed by atoms with Gasteiger partial charge in [-0.1, -0.05) is 0 Å². The highest BCUT2D eigenvalue weighted by Gasteiger charge is 2.19. The largest absolute Gasteiger partial charge is 0.480 e. The Morgan fingerprint density at radius 2 is 1.69 bits per heavy atom. The first-order valence-corrected chi connectivity index (χ1v) is 9.50. The van der Waals surface area contributed by atoms with Gasteiger partial charge in [0, 0.05) is 51.6 Å². The van der Waals surface area contributed by atoms with Gasteiger partial charge in [-0.2, -0.15) is 0 Å². The molecular formula is C23H16F4N2O3. The van der Waals surface area contributed by atoms with Crippen molar-refractivity contribution < 1.29 is 27.5 Å². The van der Waals surface area contributed by atoms with Gasteiger partial charge >= 0.3 is 5.97 Å². The Morgan fingerprint density at radius 1 is 0.969 bits per heavy atom. The SMILES string of the molecule is Cc1c(-c2ccc(=O)n(Cc3cc(F)c(F)cc3F)c2)c2cc(F)ccc2n1CC(=O)O. The van der Waals surface area contributed by atoms with E-state index < -0.39 is 34.8 Å². The number of benzene rings is 2. The minimum absolute atomic E-state index is 0.223. The maximum Gasteiger partial charge on any atom is 0.323 e. The first-order chi connectivity index (χ1) is 15.2. The van der Waals surface area contributed by atoms with Crippen molar-refractivity contribution in [2.75, 3.05) is 0 Å². The van der Waals surface area contributed by atoms with E-state index in [1.807, 2.05) is 0 Å². The first-order valence-electron chi connectivity index (χ1n) is 9.50. The number of hydrogen-bond acceptors (Lipinski definition) is 2. The Kier molecular flexibility index (Phi) is 5.33. The summed E-state index contributed by atoms with van der Waals surface area (Å²) in [6.07, 6.45) is 1.39. The van der Waals surface area contributed by atoms with Crippen LogP contribution in [0.3, 0.4) is 0 Å². The zero-order valence-corrected chi connectivity index (χ0v) is 16.7. The highest BCUT2D eigenvalue weighted by molar-refractivity contribution is 5.98. The summed E-state index contributed by atoms with van der Waals surface area (Å²) in [6, 6.07) is 7.74. The Balaban J connectivity index is 1.88. The van der Waals surface area contributed by atoms with E-state index >= 15 is 0 Å². The molecule has 0 aliphatic heterocycles. The molecule has 4 rings (SSSR count). The molecule has 0 unspecified atom stereocenters. The molecule has 0 atom stereocenters. The van der Waals surface area contributed by atoms with Crippen LogP contribution in [0.4, 0.5) is 17.6 Å². The third-order valence-corrected chi connectivity index (χ3v) is 5.28. The molecule has 164 valence electrons. The predicted molar refractivity (Wildman–Crippen MR) is 109 cm³/mol. The zero-order valence-electron chi connectivity index (χ0n) is 16.7. The molecule has 0 spiro atoms. The number of carboxylic acid groups (broad SMARTS) is 1. The van der Waals surface area contributed by atoms with Gasteiger partial charge in [0.15, 0.2) is 11.6 Å². The van der Waals surface area contributed by atoms with Gasteiger partial charge in [-0.15, -0.1) is 0 Å². The molecule has 0 bridgehead atoms. The summed E-state index contributed by atoms with van der Waals surface area (Å²) in [7, 11) is 0. The molecule has 0 saturated heterocycles. The Morgan fingerprint density at radius 3 is 2.41 bits per heavy atom. The lowest BCUT2D eigenvalue weighted by Gasteiger charge is -2.11. The number of rotatable bonds is 5. The van der Waals surface area contributed by atoms with Crippen LogP contribution in [-0.2, 0) is 17.9 Å². The number of pyridine rings is 1. The third-order valence-electron chi connectivity index (χ3n) is 5.28. The highest BCUT2D eigenvalue weighted by atomic mass is 19.2. The van der Waals surface area contributed by atoms with E-state index in [1.54, 1.807) is 6.92 Å². The molecule has 0 amide bonds. The molecule has 2 aromatic carbocycles. The fraction of sp³-hybridized carbons (Fsp3) is 0.130. The molecule has 0 saturated carbocycles. The molecule has 1 N–H and O–H groups in total. The maximum absolute atomic E-state index is 14.1. The van der Waals surface area contributed by atoms with E-state index in [2.05, 4.69) is 0 Å². The molecule has 0 aliphatic carbocycles. The number of carboxylic acids is 1. The second-order valence-electron chi connectivity index (χ2n) is 7.34. The summed E-state index contributed by atoms with van der Waals surface area (Å²) in [5.41, 5.74) is 1.23. The summed E-state index contributed by atoms with van der Waals surface area (Å²) in [5, 5.41) is 9.70. The van der Waals surface area contributed by atoms with Crippen LogP contribution in [-0.4, -0.2) is 20.2 Å². The average molecular weight is 444 g/mol. The topological polar surface area (TPSA) is 64.2 Å². The summed E-state index contributed by atoms with van der Waals surface area (Å²) < 4.78 is 57.5. The molecular weight excluding hydrogens is 428 g/mol. The molecule has 0 fully saturated rings. The standard InChI is InChI=1S/C23H16F4N2O3/c1-12-23(16-7-15(24)3-4-20(16)29(12)11-22(31)32)13-2-5-21(30)28(9-13)10-14-6-18(26)19(27)8-17(14)25/h2-9H,10-11H2,1H3,(H,31,32).